The highest BCUT2D eigenvalue weighted by molar-refractivity contribution is 6.13. The van der Waals surface area contributed by atoms with E-state index < -0.39 is 0 Å². The Morgan fingerprint density at radius 1 is 1.07 bits per heavy atom. The van der Waals surface area contributed by atoms with Gasteiger partial charge in [0, 0.05) is 11.6 Å². The van der Waals surface area contributed by atoms with Gasteiger partial charge in [-0.05, 0) is 35.1 Å². The van der Waals surface area contributed by atoms with Gasteiger partial charge in [-0.25, -0.2) is 4.99 Å². The molecule has 1 aromatic heterocycles. The van der Waals surface area contributed by atoms with Crippen molar-refractivity contribution in [2.45, 2.75) is 33.6 Å². The van der Waals surface area contributed by atoms with Gasteiger partial charge in [0.25, 0.3) is 5.91 Å². The SMILES string of the molecule is CC(c1cnc2ccccc2c1C(=O)NC(N)=Nc1ccccc1)C(C)(C)C. The number of hydrogen-bond donors (Lipinski definition) is 2. The summed E-state index contributed by atoms with van der Waals surface area (Å²) in [6.07, 6.45) is 1.80. The molecule has 28 heavy (non-hydrogen) atoms. The van der Waals surface area contributed by atoms with Gasteiger partial charge in [0.2, 0.25) is 5.96 Å². The fraction of sp³-hybridized carbons (Fsp3) is 0.261. The standard InChI is InChI=1S/C23H26N4O/c1-15(23(2,3)4)18-14-25-19-13-9-8-12-17(19)20(18)21(28)27-22(24)26-16-10-6-5-7-11-16/h5-15H,1-4H3,(H3,24,26,27,28). The predicted octanol–water partition coefficient (Wildman–Crippen LogP) is 4.76. The molecule has 3 N–H and O–H groups in total. The maximum absolute atomic E-state index is 13.2. The second-order valence-corrected chi connectivity index (χ2v) is 7.98. The van der Waals surface area contributed by atoms with Gasteiger partial charge in [-0.3, -0.25) is 15.1 Å². The first-order valence-electron chi connectivity index (χ1n) is 9.35. The minimum absolute atomic E-state index is 0.0250. The number of amides is 1. The lowest BCUT2D eigenvalue weighted by Crippen LogP contribution is -2.37. The third-order valence-corrected chi connectivity index (χ3v) is 5.04. The molecule has 0 saturated heterocycles. The Kier molecular flexibility index (Phi) is 5.45. The van der Waals surface area contributed by atoms with Crippen molar-refractivity contribution in [3.05, 3.63) is 71.9 Å². The summed E-state index contributed by atoms with van der Waals surface area (Å²) < 4.78 is 0. The van der Waals surface area contributed by atoms with Crippen molar-refractivity contribution in [2.24, 2.45) is 16.1 Å². The second-order valence-electron chi connectivity index (χ2n) is 7.98. The molecule has 3 aromatic rings. The van der Waals surface area contributed by atoms with Crippen LogP contribution in [0.25, 0.3) is 10.9 Å². The van der Waals surface area contributed by atoms with Crippen LogP contribution in [0.2, 0.25) is 0 Å². The number of fused-ring (bicyclic) bond motifs is 1. The molecule has 3 rings (SSSR count). The Bertz CT molecular complexity index is 1020. The average molecular weight is 374 g/mol. The number of carbonyl (C=O) groups excluding carboxylic acids is 1. The molecule has 0 saturated carbocycles. The summed E-state index contributed by atoms with van der Waals surface area (Å²) in [6, 6.07) is 16.9. The number of pyridine rings is 1. The Morgan fingerprint density at radius 2 is 1.71 bits per heavy atom. The van der Waals surface area contributed by atoms with Gasteiger partial charge < -0.3 is 5.73 Å². The first-order chi connectivity index (χ1) is 13.3. The summed E-state index contributed by atoms with van der Waals surface area (Å²) in [6.45, 7) is 8.57. The van der Waals surface area contributed by atoms with E-state index in [1.165, 1.54) is 0 Å². The molecule has 0 radical (unpaired) electrons. The molecule has 5 nitrogen and oxygen atoms in total. The number of nitrogens with one attached hydrogen (secondary N) is 1. The van der Waals surface area contributed by atoms with E-state index in [9.17, 15) is 4.79 Å². The van der Waals surface area contributed by atoms with E-state index >= 15 is 0 Å². The van der Waals surface area contributed by atoms with Crippen molar-refractivity contribution in [1.29, 1.82) is 0 Å². The minimum atomic E-state index is -0.276. The van der Waals surface area contributed by atoms with Gasteiger partial charge in [-0.15, -0.1) is 0 Å². The van der Waals surface area contributed by atoms with Gasteiger partial charge in [-0.1, -0.05) is 64.1 Å². The number of hydrogen-bond acceptors (Lipinski definition) is 3. The fourth-order valence-electron chi connectivity index (χ4n) is 3.05. The van der Waals surface area contributed by atoms with Crippen LogP contribution < -0.4 is 11.1 Å². The molecule has 0 aliphatic rings. The topological polar surface area (TPSA) is 80.4 Å². The van der Waals surface area contributed by atoms with Crippen LogP contribution in [0.4, 0.5) is 5.69 Å². The molecule has 144 valence electrons. The number of benzene rings is 2. The zero-order valence-electron chi connectivity index (χ0n) is 16.7. The zero-order valence-corrected chi connectivity index (χ0v) is 16.7. The van der Waals surface area contributed by atoms with Crippen molar-refractivity contribution in [2.75, 3.05) is 0 Å². The normalized spacial score (nSPS) is 13.4. The summed E-state index contributed by atoms with van der Waals surface area (Å²) in [5, 5.41) is 3.55. The van der Waals surface area contributed by atoms with E-state index in [0.717, 1.165) is 16.5 Å². The quantitative estimate of drug-likeness (QED) is 0.512. The number of guanidine groups is 1. The zero-order chi connectivity index (χ0) is 20.3. The molecule has 1 heterocycles. The van der Waals surface area contributed by atoms with Crippen LogP contribution in [0.5, 0.6) is 0 Å². The average Bonchev–Trinajstić information content (AvgIpc) is 2.66. The lowest BCUT2D eigenvalue weighted by atomic mass is 9.76. The Hall–Kier alpha value is -3.21. The molecular formula is C23H26N4O. The van der Waals surface area contributed by atoms with Gasteiger partial charge in [0.1, 0.15) is 0 Å². The molecule has 0 bridgehead atoms. The van der Waals surface area contributed by atoms with Crippen molar-refractivity contribution in [3.63, 3.8) is 0 Å². The van der Waals surface area contributed by atoms with Gasteiger partial charge in [0.15, 0.2) is 0 Å². The molecule has 5 heteroatoms. The maximum Gasteiger partial charge on any atom is 0.258 e. The molecule has 2 aromatic carbocycles. The molecule has 0 aliphatic heterocycles. The van der Waals surface area contributed by atoms with E-state index in [-0.39, 0.29) is 23.2 Å². The number of aromatic nitrogens is 1. The van der Waals surface area contributed by atoms with Crippen molar-refractivity contribution >= 4 is 28.5 Å². The predicted molar refractivity (Wildman–Crippen MR) is 115 cm³/mol. The summed E-state index contributed by atoms with van der Waals surface area (Å²) in [7, 11) is 0. The van der Waals surface area contributed by atoms with Crippen LogP contribution in [-0.2, 0) is 0 Å². The smallest absolute Gasteiger partial charge is 0.258 e. The second kappa shape index (κ2) is 7.80. The highest BCUT2D eigenvalue weighted by Gasteiger charge is 2.28. The maximum atomic E-state index is 13.2. The molecule has 0 aliphatic carbocycles. The van der Waals surface area contributed by atoms with E-state index in [4.69, 9.17) is 5.73 Å². The van der Waals surface area contributed by atoms with Gasteiger partial charge in [0.05, 0.1) is 16.8 Å². The van der Waals surface area contributed by atoms with Crippen LogP contribution in [0.3, 0.4) is 0 Å². The Morgan fingerprint density at radius 3 is 2.39 bits per heavy atom. The van der Waals surface area contributed by atoms with E-state index in [0.29, 0.717) is 11.3 Å². The molecule has 1 amide bonds. The van der Waals surface area contributed by atoms with Crippen molar-refractivity contribution in [1.82, 2.24) is 10.3 Å². The van der Waals surface area contributed by atoms with Crippen LogP contribution in [0.15, 0.2) is 65.8 Å². The Labute approximate surface area is 165 Å². The summed E-state index contributed by atoms with van der Waals surface area (Å²) in [5.74, 6) is -0.0917. The first-order valence-corrected chi connectivity index (χ1v) is 9.35. The van der Waals surface area contributed by atoms with Crippen molar-refractivity contribution in [3.8, 4) is 0 Å². The number of nitrogens with two attached hydrogens (primary N) is 1. The van der Waals surface area contributed by atoms with E-state index in [1.54, 1.807) is 6.20 Å². The Balaban J connectivity index is 2.04. The molecule has 1 atom stereocenters. The number of aliphatic imine (C=N–C) groups is 1. The monoisotopic (exact) mass is 374 g/mol. The summed E-state index contributed by atoms with van der Waals surface area (Å²) in [4.78, 5) is 22.1. The lowest BCUT2D eigenvalue weighted by molar-refractivity contribution is 0.0976. The molecular weight excluding hydrogens is 348 g/mol. The number of carbonyl (C=O) groups is 1. The lowest BCUT2D eigenvalue weighted by Gasteiger charge is -2.29. The van der Waals surface area contributed by atoms with Crippen LogP contribution in [-0.4, -0.2) is 16.9 Å². The van der Waals surface area contributed by atoms with Crippen LogP contribution >= 0.6 is 0 Å². The summed E-state index contributed by atoms with van der Waals surface area (Å²) in [5.41, 5.74) is 8.93. The van der Waals surface area contributed by atoms with E-state index in [1.807, 2.05) is 54.6 Å². The minimum Gasteiger partial charge on any atom is -0.369 e. The van der Waals surface area contributed by atoms with Gasteiger partial charge >= 0.3 is 0 Å². The highest BCUT2D eigenvalue weighted by atomic mass is 16.1. The van der Waals surface area contributed by atoms with Crippen LogP contribution in [0, 0.1) is 5.41 Å². The largest absolute Gasteiger partial charge is 0.369 e. The van der Waals surface area contributed by atoms with E-state index in [2.05, 4.69) is 43.0 Å². The third-order valence-electron chi connectivity index (χ3n) is 5.04. The number of para-hydroxylation sites is 2. The number of rotatable bonds is 3. The summed E-state index contributed by atoms with van der Waals surface area (Å²) >= 11 is 0. The molecule has 0 fully saturated rings. The fourth-order valence-corrected chi connectivity index (χ4v) is 3.05. The molecule has 1 unspecified atom stereocenters. The molecule has 0 spiro atoms. The third kappa shape index (κ3) is 4.19. The highest BCUT2D eigenvalue weighted by Crippen LogP contribution is 2.37. The number of nitrogens with zero attached hydrogens (tertiary/aromatic N) is 2. The van der Waals surface area contributed by atoms with Gasteiger partial charge in [-0.2, -0.15) is 0 Å². The van der Waals surface area contributed by atoms with Crippen LogP contribution in [0.1, 0.15) is 49.5 Å². The first kappa shape index (κ1) is 19.5. The van der Waals surface area contributed by atoms with Crippen molar-refractivity contribution < 1.29 is 4.79 Å².